The van der Waals surface area contributed by atoms with Gasteiger partial charge in [-0.1, -0.05) is 12.1 Å². The van der Waals surface area contributed by atoms with Gasteiger partial charge in [0, 0.05) is 24.8 Å². The molecule has 1 aliphatic heterocycles. The van der Waals surface area contributed by atoms with Gasteiger partial charge in [0.15, 0.2) is 0 Å². The van der Waals surface area contributed by atoms with E-state index in [9.17, 15) is 4.79 Å². The van der Waals surface area contributed by atoms with Gasteiger partial charge < -0.3 is 21.5 Å². The van der Waals surface area contributed by atoms with Crippen LogP contribution in [0.3, 0.4) is 0 Å². The van der Waals surface area contributed by atoms with Crippen LogP contribution < -0.4 is 16.4 Å². The summed E-state index contributed by atoms with van der Waals surface area (Å²) in [7, 11) is 0. The Kier molecular flexibility index (Phi) is 3.73. The summed E-state index contributed by atoms with van der Waals surface area (Å²) >= 11 is 0. The highest BCUT2D eigenvalue weighted by atomic mass is 16.3. The van der Waals surface area contributed by atoms with Crippen LogP contribution in [0.25, 0.3) is 0 Å². The lowest BCUT2D eigenvalue weighted by atomic mass is 10.1. The van der Waals surface area contributed by atoms with Crippen LogP contribution in [0, 0.1) is 0 Å². The fourth-order valence-electron chi connectivity index (χ4n) is 1.86. The van der Waals surface area contributed by atoms with Crippen molar-refractivity contribution in [3.8, 4) is 0 Å². The lowest BCUT2D eigenvalue weighted by Crippen LogP contribution is -2.36. The summed E-state index contributed by atoms with van der Waals surface area (Å²) in [5.74, 6) is 0.0485. The van der Waals surface area contributed by atoms with E-state index in [1.54, 1.807) is 0 Å². The lowest BCUT2D eigenvalue weighted by Gasteiger charge is -2.10. The molecule has 1 aromatic carbocycles. The van der Waals surface area contributed by atoms with Gasteiger partial charge >= 0.3 is 0 Å². The van der Waals surface area contributed by atoms with E-state index in [0.29, 0.717) is 19.5 Å². The maximum absolute atomic E-state index is 11.2. The molecule has 1 atom stereocenters. The van der Waals surface area contributed by atoms with Crippen LogP contribution in [0.4, 0.5) is 5.69 Å². The van der Waals surface area contributed by atoms with E-state index in [4.69, 9.17) is 10.8 Å². The van der Waals surface area contributed by atoms with Crippen molar-refractivity contribution in [2.45, 2.75) is 19.0 Å². The normalized spacial score (nSPS) is 15.5. The highest BCUT2D eigenvalue weighted by Crippen LogP contribution is 2.23. The molecule has 1 amide bonds. The first-order chi connectivity index (χ1) is 8.19. The Morgan fingerprint density at radius 3 is 3.12 bits per heavy atom. The minimum atomic E-state index is -0.229. The molecule has 0 aromatic heterocycles. The average molecular weight is 235 g/mol. The molecule has 0 bridgehead atoms. The molecule has 0 fully saturated rings. The second kappa shape index (κ2) is 5.27. The molecule has 1 aliphatic rings. The average Bonchev–Trinajstić information content (AvgIpc) is 2.68. The van der Waals surface area contributed by atoms with E-state index in [1.807, 2.05) is 18.2 Å². The predicted molar refractivity (Wildman–Crippen MR) is 65.5 cm³/mol. The van der Waals surface area contributed by atoms with Crippen LogP contribution >= 0.6 is 0 Å². The summed E-state index contributed by atoms with van der Waals surface area (Å²) in [6, 6.07) is 5.68. The van der Waals surface area contributed by atoms with Gasteiger partial charge in [0.2, 0.25) is 5.91 Å². The molecule has 1 aromatic rings. The number of aliphatic hydroxyl groups excluding tert-OH is 1. The molecule has 1 heterocycles. The Hall–Kier alpha value is -1.43. The minimum absolute atomic E-state index is 0.0182. The number of nitrogens with two attached hydrogens (primary N) is 1. The second-order valence-corrected chi connectivity index (χ2v) is 4.29. The number of fused-ring (bicyclic) bond motifs is 1. The van der Waals surface area contributed by atoms with Crippen LogP contribution in [0.5, 0.6) is 0 Å². The minimum Gasteiger partial charge on any atom is -0.395 e. The Labute approximate surface area is 100 Å². The SMILES string of the molecule is NC(CO)CNCc1ccc2c(c1)CC(=O)N2. The van der Waals surface area contributed by atoms with Crippen LogP contribution in [-0.4, -0.2) is 30.2 Å². The third kappa shape index (κ3) is 3.03. The monoisotopic (exact) mass is 235 g/mol. The Balaban J connectivity index is 1.90. The van der Waals surface area contributed by atoms with Crippen molar-refractivity contribution in [1.82, 2.24) is 5.32 Å². The Morgan fingerprint density at radius 1 is 1.53 bits per heavy atom. The van der Waals surface area contributed by atoms with Crippen LogP contribution in [-0.2, 0) is 17.8 Å². The molecule has 92 valence electrons. The Bertz CT molecular complexity index is 420. The number of carbonyl (C=O) groups excluding carboxylic acids is 1. The zero-order chi connectivity index (χ0) is 12.3. The topological polar surface area (TPSA) is 87.4 Å². The molecule has 1 unspecified atom stereocenters. The van der Waals surface area contributed by atoms with Gasteiger partial charge in [0.05, 0.1) is 13.0 Å². The zero-order valence-electron chi connectivity index (χ0n) is 9.57. The van der Waals surface area contributed by atoms with Crippen molar-refractivity contribution in [2.75, 3.05) is 18.5 Å². The summed E-state index contributed by atoms with van der Waals surface area (Å²) in [6.45, 7) is 1.25. The smallest absolute Gasteiger partial charge is 0.228 e. The Morgan fingerprint density at radius 2 is 2.35 bits per heavy atom. The molecule has 5 heteroatoms. The predicted octanol–water partition coefficient (Wildman–Crippen LogP) is -0.410. The third-order valence-electron chi connectivity index (χ3n) is 2.76. The molecular formula is C12H17N3O2. The molecule has 5 N–H and O–H groups in total. The third-order valence-corrected chi connectivity index (χ3v) is 2.76. The molecule has 2 rings (SSSR count). The summed E-state index contributed by atoms with van der Waals surface area (Å²) in [5, 5.41) is 14.7. The summed E-state index contributed by atoms with van der Waals surface area (Å²) < 4.78 is 0. The van der Waals surface area contributed by atoms with Gasteiger partial charge in [-0.2, -0.15) is 0 Å². The maximum atomic E-state index is 11.2. The number of amides is 1. The van der Waals surface area contributed by atoms with Gasteiger partial charge in [-0.15, -0.1) is 0 Å². The number of carbonyl (C=O) groups is 1. The van der Waals surface area contributed by atoms with E-state index in [-0.39, 0.29) is 18.6 Å². The number of hydrogen-bond acceptors (Lipinski definition) is 4. The molecule has 0 spiro atoms. The van der Waals surface area contributed by atoms with Crippen LogP contribution in [0.1, 0.15) is 11.1 Å². The number of aliphatic hydroxyl groups is 1. The van der Waals surface area contributed by atoms with E-state index in [0.717, 1.165) is 16.8 Å². The summed E-state index contributed by atoms with van der Waals surface area (Å²) in [4.78, 5) is 11.2. The van der Waals surface area contributed by atoms with Crippen molar-refractivity contribution in [3.05, 3.63) is 29.3 Å². The van der Waals surface area contributed by atoms with Gasteiger partial charge in [-0.3, -0.25) is 4.79 Å². The molecule has 0 saturated carbocycles. The zero-order valence-corrected chi connectivity index (χ0v) is 9.57. The summed E-state index contributed by atoms with van der Waals surface area (Å²) in [6.07, 6.45) is 0.458. The number of anilines is 1. The van der Waals surface area contributed by atoms with E-state index >= 15 is 0 Å². The maximum Gasteiger partial charge on any atom is 0.228 e. The highest BCUT2D eigenvalue weighted by Gasteiger charge is 2.17. The van der Waals surface area contributed by atoms with E-state index in [2.05, 4.69) is 10.6 Å². The van der Waals surface area contributed by atoms with Crippen molar-refractivity contribution in [3.63, 3.8) is 0 Å². The number of benzene rings is 1. The number of nitrogens with one attached hydrogen (secondary N) is 2. The first-order valence-electron chi connectivity index (χ1n) is 5.68. The van der Waals surface area contributed by atoms with Gasteiger partial charge in [-0.05, 0) is 17.2 Å². The van der Waals surface area contributed by atoms with Crippen molar-refractivity contribution < 1.29 is 9.90 Å². The van der Waals surface area contributed by atoms with Crippen molar-refractivity contribution in [2.24, 2.45) is 5.73 Å². The molecule has 0 aliphatic carbocycles. The van der Waals surface area contributed by atoms with Gasteiger partial charge in [0.1, 0.15) is 0 Å². The largest absolute Gasteiger partial charge is 0.395 e. The van der Waals surface area contributed by atoms with E-state index < -0.39 is 0 Å². The number of rotatable bonds is 5. The molecule has 17 heavy (non-hydrogen) atoms. The molecular weight excluding hydrogens is 218 g/mol. The molecule has 0 radical (unpaired) electrons. The first-order valence-corrected chi connectivity index (χ1v) is 5.68. The van der Waals surface area contributed by atoms with Crippen molar-refractivity contribution >= 4 is 11.6 Å². The number of hydrogen-bond donors (Lipinski definition) is 4. The fourth-order valence-corrected chi connectivity index (χ4v) is 1.86. The van der Waals surface area contributed by atoms with Crippen molar-refractivity contribution in [1.29, 1.82) is 0 Å². The quantitative estimate of drug-likeness (QED) is 0.559. The lowest BCUT2D eigenvalue weighted by molar-refractivity contribution is -0.115. The standard InChI is InChI=1S/C12H17N3O2/c13-10(7-16)6-14-5-8-1-2-11-9(3-8)4-12(17)15-11/h1-3,10,14,16H,4-7,13H2,(H,15,17). The first kappa shape index (κ1) is 12.0. The highest BCUT2D eigenvalue weighted by molar-refractivity contribution is 5.99. The van der Waals surface area contributed by atoms with E-state index in [1.165, 1.54) is 0 Å². The molecule has 5 nitrogen and oxygen atoms in total. The van der Waals surface area contributed by atoms with Gasteiger partial charge in [-0.25, -0.2) is 0 Å². The van der Waals surface area contributed by atoms with Crippen LogP contribution in [0.2, 0.25) is 0 Å². The molecule has 0 saturated heterocycles. The van der Waals surface area contributed by atoms with Gasteiger partial charge in [0.25, 0.3) is 0 Å². The van der Waals surface area contributed by atoms with Crippen LogP contribution in [0.15, 0.2) is 18.2 Å². The fraction of sp³-hybridized carbons (Fsp3) is 0.417. The second-order valence-electron chi connectivity index (χ2n) is 4.29. The summed E-state index contributed by atoms with van der Waals surface area (Å²) in [5.41, 5.74) is 8.64.